The van der Waals surface area contributed by atoms with Gasteiger partial charge in [-0.15, -0.1) is 0 Å². The van der Waals surface area contributed by atoms with E-state index in [-0.39, 0.29) is 23.6 Å². The molecule has 0 spiro atoms. The molecule has 0 radical (unpaired) electrons. The van der Waals surface area contributed by atoms with Gasteiger partial charge in [0.15, 0.2) is 0 Å². The van der Waals surface area contributed by atoms with Gasteiger partial charge in [-0.2, -0.15) is 0 Å². The van der Waals surface area contributed by atoms with Gasteiger partial charge in [0, 0.05) is 23.5 Å². The summed E-state index contributed by atoms with van der Waals surface area (Å²) in [6.07, 6.45) is 6.74. The topological polar surface area (TPSA) is 66.5 Å². The first-order valence-corrected chi connectivity index (χ1v) is 14.4. The van der Waals surface area contributed by atoms with Crippen LogP contribution in [0, 0.1) is 5.92 Å². The Hall–Kier alpha value is -1.70. The standard InChI is InChI=1S/C26H33BrN2O3S/c1-2-25(23-10-9-20-5-3-4-6-22(20)17-23)28-26(30)21-13-15-29(16-14-21)33(31,32)18-19-7-11-24(27)12-8-19/h7-12,17,21,25H,2-6,13-16,18H2,1H3,(H,28,30). The van der Waals surface area contributed by atoms with Crippen molar-refractivity contribution in [1.29, 1.82) is 0 Å². The van der Waals surface area contributed by atoms with Crippen molar-refractivity contribution in [2.75, 3.05) is 13.1 Å². The smallest absolute Gasteiger partial charge is 0.223 e. The van der Waals surface area contributed by atoms with Crippen LogP contribution in [-0.2, 0) is 33.4 Å². The molecule has 1 N–H and O–H groups in total. The second-order valence-electron chi connectivity index (χ2n) is 9.26. The number of aryl methyl sites for hydroxylation is 2. The van der Waals surface area contributed by atoms with Crippen LogP contribution in [0.5, 0.6) is 0 Å². The highest BCUT2D eigenvalue weighted by molar-refractivity contribution is 9.10. The number of sulfonamides is 1. The van der Waals surface area contributed by atoms with Crippen molar-refractivity contribution in [3.63, 3.8) is 0 Å². The average Bonchev–Trinajstić information content (AvgIpc) is 2.83. The van der Waals surface area contributed by atoms with Crippen LogP contribution in [0.1, 0.15) is 67.3 Å². The number of hydrogen-bond acceptors (Lipinski definition) is 3. The molecule has 0 saturated carbocycles. The van der Waals surface area contributed by atoms with Crippen LogP contribution in [0.25, 0.3) is 0 Å². The number of piperidine rings is 1. The largest absolute Gasteiger partial charge is 0.349 e. The molecule has 1 amide bonds. The third-order valence-electron chi connectivity index (χ3n) is 6.98. The van der Waals surface area contributed by atoms with Crippen LogP contribution in [-0.4, -0.2) is 31.7 Å². The number of nitrogens with zero attached hydrogens (tertiary/aromatic N) is 1. The molecule has 4 rings (SSSR count). The number of nitrogens with one attached hydrogen (secondary N) is 1. The summed E-state index contributed by atoms with van der Waals surface area (Å²) in [5.74, 6) is -0.103. The lowest BCUT2D eigenvalue weighted by Crippen LogP contribution is -2.44. The van der Waals surface area contributed by atoms with Crippen molar-refractivity contribution < 1.29 is 13.2 Å². The summed E-state index contributed by atoms with van der Waals surface area (Å²) in [6.45, 7) is 2.89. The Morgan fingerprint density at radius 1 is 1.06 bits per heavy atom. The number of rotatable bonds is 7. The fourth-order valence-electron chi connectivity index (χ4n) is 4.96. The van der Waals surface area contributed by atoms with Crippen molar-refractivity contribution in [2.24, 2.45) is 5.92 Å². The van der Waals surface area contributed by atoms with E-state index in [9.17, 15) is 13.2 Å². The van der Waals surface area contributed by atoms with Crippen LogP contribution in [0.4, 0.5) is 0 Å². The van der Waals surface area contributed by atoms with Gasteiger partial charge in [-0.1, -0.05) is 53.2 Å². The van der Waals surface area contributed by atoms with E-state index >= 15 is 0 Å². The number of halogens is 1. The Morgan fingerprint density at radius 3 is 2.39 bits per heavy atom. The highest BCUT2D eigenvalue weighted by Crippen LogP contribution is 2.28. The van der Waals surface area contributed by atoms with Gasteiger partial charge in [-0.25, -0.2) is 12.7 Å². The number of fused-ring (bicyclic) bond motifs is 1. The predicted octanol–water partition coefficient (Wildman–Crippen LogP) is 5.14. The van der Waals surface area contributed by atoms with Gasteiger partial charge in [0.25, 0.3) is 0 Å². The zero-order valence-corrected chi connectivity index (χ0v) is 21.6. The summed E-state index contributed by atoms with van der Waals surface area (Å²) in [4.78, 5) is 13.0. The van der Waals surface area contributed by atoms with Crippen LogP contribution in [0.15, 0.2) is 46.9 Å². The number of amides is 1. The van der Waals surface area contributed by atoms with Crippen molar-refractivity contribution in [3.8, 4) is 0 Å². The minimum Gasteiger partial charge on any atom is -0.349 e. The maximum absolute atomic E-state index is 13.0. The van der Waals surface area contributed by atoms with E-state index in [1.807, 2.05) is 24.3 Å². The molecule has 1 fully saturated rings. The molecule has 1 heterocycles. The van der Waals surface area contributed by atoms with Crippen LogP contribution >= 0.6 is 15.9 Å². The molecule has 1 saturated heterocycles. The summed E-state index contributed by atoms with van der Waals surface area (Å²) in [5.41, 5.74) is 4.83. The van der Waals surface area contributed by atoms with Gasteiger partial charge in [-0.3, -0.25) is 4.79 Å². The van der Waals surface area contributed by atoms with Gasteiger partial charge in [0.2, 0.25) is 15.9 Å². The average molecular weight is 534 g/mol. The Labute approximate surface area is 206 Å². The molecule has 0 bridgehead atoms. The van der Waals surface area contributed by atoms with Crippen molar-refractivity contribution in [2.45, 2.75) is 63.7 Å². The molecule has 2 aromatic rings. The second kappa shape index (κ2) is 10.7. The van der Waals surface area contributed by atoms with Crippen molar-refractivity contribution in [3.05, 3.63) is 69.2 Å². The van der Waals surface area contributed by atoms with Gasteiger partial charge < -0.3 is 5.32 Å². The Kier molecular flexibility index (Phi) is 7.92. The number of carbonyl (C=O) groups is 1. The Morgan fingerprint density at radius 2 is 1.73 bits per heavy atom. The van der Waals surface area contributed by atoms with Gasteiger partial charge in [0.05, 0.1) is 11.8 Å². The van der Waals surface area contributed by atoms with Gasteiger partial charge >= 0.3 is 0 Å². The molecule has 2 aromatic carbocycles. The third-order valence-corrected chi connectivity index (χ3v) is 9.36. The highest BCUT2D eigenvalue weighted by atomic mass is 79.9. The molecule has 7 heteroatoms. The molecular weight excluding hydrogens is 500 g/mol. The first-order valence-electron chi connectivity index (χ1n) is 12.0. The fraction of sp³-hybridized carbons (Fsp3) is 0.500. The molecule has 0 aromatic heterocycles. The summed E-state index contributed by atoms with van der Waals surface area (Å²) >= 11 is 3.38. The van der Waals surface area contributed by atoms with Gasteiger partial charge in [0.1, 0.15) is 0 Å². The monoisotopic (exact) mass is 532 g/mol. The van der Waals surface area contributed by atoms with Crippen LogP contribution in [0.2, 0.25) is 0 Å². The first-order chi connectivity index (χ1) is 15.9. The molecule has 5 nitrogen and oxygen atoms in total. The van der Waals surface area contributed by atoms with E-state index in [0.29, 0.717) is 25.9 Å². The molecular formula is C26H33BrN2O3S. The molecule has 1 atom stereocenters. The predicted molar refractivity (Wildman–Crippen MR) is 135 cm³/mol. The normalized spacial score (nSPS) is 18.5. The van der Waals surface area contributed by atoms with E-state index in [1.165, 1.54) is 29.5 Å². The Bertz CT molecular complexity index is 1080. The number of benzene rings is 2. The summed E-state index contributed by atoms with van der Waals surface area (Å²) in [6, 6.07) is 14.0. The minimum atomic E-state index is -3.39. The van der Waals surface area contributed by atoms with Crippen LogP contribution < -0.4 is 5.32 Å². The maximum atomic E-state index is 13.0. The number of hydrogen-bond donors (Lipinski definition) is 1. The molecule has 178 valence electrons. The lowest BCUT2D eigenvalue weighted by molar-refractivity contribution is -0.126. The highest BCUT2D eigenvalue weighted by Gasteiger charge is 2.32. The summed E-state index contributed by atoms with van der Waals surface area (Å²) in [7, 11) is -3.39. The summed E-state index contributed by atoms with van der Waals surface area (Å²) < 4.78 is 28.2. The maximum Gasteiger partial charge on any atom is 0.223 e. The van der Waals surface area contributed by atoms with E-state index < -0.39 is 10.0 Å². The molecule has 1 aliphatic carbocycles. The van der Waals surface area contributed by atoms with Gasteiger partial charge in [-0.05, 0) is 79.3 Å². The van der Waals surface area contributed by atoms with Crippen LogP contribution in [0.3, 0.4) is 0 Å². The molecule has 1 unspecified atom stereocenters. The summed E-state index contributed by atoms with van der Waals surface area (Å²) in [5, 5.41) is 3.25. The van der Waals surface area contributed by atoms with Crippen molar-refractivity contribution >= 4 is 31.9 Å². The zero-order valence-electron chi connectivity index (χ0n) is 19.2. The third kappa shape index (κ3) is 6.06. The van der Waals surface area contributed by atoms with E-state index in [1.54, 1.807) is 4.31 Å². The minimum absolute atomic E-state index is 0.00361. The second-order valence-corrected chi connectivity index (χ2v) is 12.1. The lowest BCUT2D eigenvalue weighted by atomic mass is 9.88. The molecule has 2 aliphatic rings. The molecule has 1 aliphatic heterocycles. The lowest BCUT2D eigenvalue weighted by Gasteiger charge is -2.31. The first kappa shape index (κ1) is 24.4. The van der Waals surface area contributed by atoms with E-state index in [2.05, 4.69) is 46.4 Å². The van der Waals surface area contributed by atoms with E-state index in [4.69, 9.17) is 0 Å². The van der Waals surface area contributed by atoms with Crippen molar-refractivity contribution in [1.82, 2.24) is 9.62 Å². The molecule has 33 heavy (non-hydrogen) atoms. The zero-order chi connectivity index (χ0) is 23.4. The van der Waals surface area contributed by atoms with E-state index in [0.717, 1.165) is 29.3 Å². The SMILES string of the molecule is CCC(NC(=O)C1CCN(S(=O)(=O)Cc2ccc(Br)cc2)CC1)c1ccc2c(c1)CCCC2. The Balaban J connectivity index is 1.33. The fourth-order valence-corrected chi connectivity index (χ4v) is 6.79. The quantitative estimate of drug-likeness (QED) is 0.536. The number of carbonyl (C=O) groups excluding carboxylic acids is 1.